The van der Waals surface area contributed by atoms with Crippen molar-refractivity contribution in [2.75, 3.05) is 5.32 Å². The number of nitrogens with one attached hydrogen (secondary N) is 1. The van der Waals surface area contributed by atoms with Crippen molar-refractivity contribution in [1.29, 1.82) is 0 Å². The third-order valence-corrected chi connectivity index (χ3v) is 3.58. The van der Waals surface area contributed by atoms with Gasteiger partial charge in [-0.3, -0.25) is 4.79 Å². The first-order valence-corrected chi connectivity index (χ1v) is 6.52. The quantitative estimate of drug-likeness (QED) is 0.750. The summed E-state index contributed by atoms with van der Waals surface area (Å²) in [7, 11) is 0. The minimum absolute atomic E-state index is 0.00577. The van der Waals surface area contributed by atoms with Crippen molar-refractivity contribution in [1.82, 2.24) is 0 Å². The number of rotatable bonds is 3. The van der Waals surface area contributed by atoms with E-state index in [1.165, 1.54) is 0 Å². The molecule has 0 radical (unpaired) electrons. The molecule has 2 atom stereocenters. The lowest BCUT2D eigenvalue weighted by Gasteiger charge is -2.05. The zero-order valence-electron chi connectivity index (χ0n) is 10.8. The van der Waals surface area contributed by atoms with Gasteiger partial charge in [0.15, 0.2) is 0 Å². The third-order valence-electron chi connectivity index (χ3n) is 3.58. The molecule has 20 heavy (non-hydrogen) atoms. The van der Waals surface area contributed by atoms with Gasteiger partial charge in [0.1, 0.15) is 11.5 Å². The van der Waals surface area contributed by atoms with Crippen molar-refractivity contribution in [2.45, 2.75) is 12.3 Å². The van der Waals surface area contributed by atoms with E-state index in [2.05, 4.69) is 5.32 Å². The van der Waals surface area contributed by atoms with E-state index in [1.54, 1.807) is 36.4 Å². The Balaban J connectivity index is 1.62. The second-order valence-electron chi connectivity index (χ2n) is 5.08. The monoisotopic (exact) mass is 269 g/mol. The molecule has 2 aromatic carbocycles. The molecule has 1 fully saturated rings. The maximum Gasteiger partial charge on any atom is 0.228 e. The van der Waals surface area contributed by atoms with Gasteiger partial charge < -0.3 is 15.5 Å². The molecule has 0 spiro atoms. The van der Waals surface area contributed by atoms with Gasteiger partial charge in [-0.1, -0.05) is 12.1 Å². The molecule has 0 saturated heterocycles. The van der Waals surface area contributed by atoms with E-state index < -0.39 is 0 Å². The molecule has 2 unspecified atom stereocenters. The van der Waals surface area contributed by atoms with Gasteiger partial charge in [-0.25, -0.2) is 0 Å². The van der Waals surface area contributed by atoms with E-state index in [1.807, 2.05) is 12.1 Å². The fourth-order valence-electron chi connectivity index (χ4n) is 2.35. The summed E-state index contributed by atoms with van der Waals surface area (Å²) in [5.41, 5.74) is 1.76. The van der Waals surface area contributed by atoms with Crippen LogP contribution in [0.1, 0.15) is 17.9 Å². The van der Waals surface area contributed by atoms with E-state index >= 15 is 0 Å². The average Bonchev–Trinajstić information content (AvgIpc) is 3.23. The normalized spacial score (nSPS) is 20.4. The second-order valence-corrected chi connectivity index (χ2v) is 5.08. The maximum atomic E-state index is 12.1. The predicted molar refractivity (Wildman–Crippen MR) is 75.7 cm³/mol. The fourth-order valence-corrected chi connectivity index (χ4v) is 2.35. The van der Waals surface area contributed by atoms with Crippen LogP contribution in [0.5, 0.6) is 11.5 Å². The van der Waals surface area contributed by atoms with Crippen LogP contribution in [0.15, 0.2) is 48.5 Å². The van der Waals surface area contributed by atoms with Crippen LogP contribution < -0.4 is 5.32 Å². The first kappa shape index (κ1) is 12.5. The highest BCUT2D eigenvalue weighted by Gasteiger charge is 2.43. The number of hydrogen-bond acceptors (Lipinski definition) is 3. The zero-order valence-corrected chi connectivity index (χ0v) is 10.8. The van der Waals surface area contributed by atoms with E-state index in [0.717, 1.165) is 12.0 Å². The number of phenolic OH excluding ortho intramolecular Hbond substituents is 2. The number of benzene rings is 2. The molecular formula is C16H15NO3. The molecule has 1 saturated carbocycles. The van der Waals surface area contributed by atoms with Crippen LogP contribution in [0.3, 0.4) is 0 Å². The molecular weight excluding hydrogens is 254 g/mol. The number of hydrogen-bond donors (Lipinski definition) is 3. The topological polar surface area (TPSA) is 69.6 Å². The SMILES string of the molecule is O=C(Nc1ccc(O)cc1)C1CC1c1ccc(O)cc1. The van der Waals surface area contributed by atoms with Crippen LogP contribution in [0, 0.1) is 5.92 Å². The minimum atomic E-state index is -0.0201. The smallest absolute Gasteiger partial charge is 0.228 e. The Morgan fingerprint density at radius 2 is 1.50 bits per heavy atom. The molecule has 102 valence electrons. The van der Waals surface area contributed by atoms with Crippen molar-refractivity contribution in [3.05, 3.63) is 54.1 Å². The van der Waals surface area contributed by atoms with Gasteiger partial charge in [-0.2, -0.15) is 0 Å². The maximum absolute atomic E-state index is 12.1. The third kappa shape index (κ3) is 2.59. The molecule has 0 heterocycles. The summed E-state index contributed by atoms with van der Waals surface area (Å²) in [6.45, 7) is 0. The lowest BCUT2D eigenvalue weighted by molar-refractivity contribution is -0.117. The highest BCUT2D eigenvalue weighted by molar-refractivity contribution is 5.95. The van der Waals surface area contributed by atoms with Crippen molar-refractivity contribution in [2.24, 2.45) is 5.92 Å². The van der Waals surface area contributed by atoms with E-state index in [-0.39, 0.29) is 29.2 Å². The van der Waals surface area contributed by atoms with Gasteiger partial charge in [0, 0.05) is 11.6 Å². The number of carbonyl (C=O) groups is 1. The molecule has 2 aromatic rings. The molecule has 0 aromatic heterocycles. The van der Waals surface area contributed by atoms with Crippen molar-refractivity contribution < 1.29 is 15.0 Å². The summed E-state index contributed by atoms with van der Waals surface area (Å²) in [6.07, 6.45) is 0.828. The predicted octanol–water partition coefficient (Wildman–Crippen LogP) is 2.84. The van der Waals surface area contributed by atoms with Gasteiger partial charge in [0.2, 0.25) is 5.91 Å². The summed E-state index contributed by atoms with van der Waals surface area (Å²) in [4.78, 5) is 12.1. The van der Waals surface area contributed by atoms with Gasteiger partial charge in [-0.15, -0.1) is 0 Å². The lowest BCUT2D eigenvalue weighted by atomic mass is 10.1. The highest BCUT2D eigenvalue weighted by atomic mass is 16.3. The molecule has 3 rings (SSSR count). The first-order chi connectivity index (χ1) is 9.63. The number of aromatic hydroxyl groups is 2. The van der Waals surface area contributed by atoms with Crippen molar-refractivity contribution >= 4 is 11.6 Å². The molecule has 4 heteroatoms. The standard InChI is InChI=1S/C16H15NO3/c18-12-5-1-10(2-6-12)14-9-15(14)16(20)17-11-3-7-13(19)8-4-11/h1-8,14-15,18-19H,9H2,(H,17,20). The molecule has 1 aliphatic carbocycles. The molecule has 3 N–H and O–H groups in total. The fraction of sp³-hybridized carbons (Fsp3) is 0.188. The average molecular weight is 269 g/mol. The zero-order chi connectivity index (χ0) is 14.1. The summed E-state index contributed by atoms with van der Waals surface area (Å²) in [5.74, 6) is 0.616. The van der Waals surface area contributed by atoms with Gasteiger partial charge >= 0.3 is 0 Å². The Labute approximate surface area is 116 Å². The van der Waals surface area contributed by atoms with Gasteiger partial charge in [0.25, 0.3) is 0 Å². The number of carbonyl (C=O) groups excluding carboxylic acids is 1. The summed E-state index contributed by atoms with van der Waals surface area (Å²) >= 11 is 0. The van der Waals surface area contributed by atoms with Gasteiger partial charge in [0.05, 0.1) is 0 Å². The Bertz CT molecular complexity index is 619. The van der Waals surface area contributed by atoms with Gasteiger partial charge in [-0.05, 0) is 54.3 Å². The van der Waals surface area contributed by atoms with Crippen LogP contribution in [-0.2, 0) is 4.79 Å². The molecule has 0 aliphatic heterocycles. The Kier molecular flexibility index (Phi) is 3.06. The Morgan fingerprint density at radius 3 is 2.10 bits per heavy atom. The summed E-state index contributed by atoms with van der Waals surface area (Å²) in [6, 6.07) is 13.4. The Morgan fingerprint density at radius 1 is 0.950 bits per heavy atom. The van der Waals surface area contributed by atoms with E-state index in [0.29, 0.717) is 5.69 Å². The van der Waals surface area contributed by atoms with Crippen LogP contribution in [0.25, 0.3) is 0 Å². The van der Waals surface area contributed by atoms with Crippen LogP contribution in [0.4, 0.5) is 5.69 Å². The second kappa shape index (κ2) is 4.89. The summed E-state index contributed by atoms with van der Waals surface area (Å²) in [5, 5.41) is 21.3. The molecule has 0 bridgehead atoms. The van der Waals surface area contributed by atoms with Crippen molar-refractivity contribution in [3.8, 4) is 11.5 Å². The number of amides is 1. The van der Waals surface area contributed by atoms with Crippen LogP contribution in [-0.4, -0.2) is 16.1 Å². The van der Waals surface area contributed by atoms with E-state index in [9.17, 15) is 15.0 Å². The van der Waals surface area contributed by atoms with Crippen LogP contribution >= 0.6 is 0 Å². The Hall–Kier alpha value is -2.49. The number of anilines is 1. The summed E-state index contributed by atoms with van der Waals surface area (Å²) < 4.78 is 0. The molecule has 1 amide bonds. The molecule has 1 aliphatic rings. The highest BCUT2D eigenvalue weighted by Crippen LogP contribution is 2.48. The van der Waals surface area contributed by atoms with E-state index in [4.69, 9.17) is 0 Å². The number of phenols is 2. The largest absolute Gasteiger partial charge is 0.508 e. The van der Waals surface area contributed by atoms with Crippen LogP contribution in [0.2, 0.25) is 0 Å². The molecule has 4 nitrogen and oxygen atoms in total. The first-order valence-electron chi connectivity index (χ1n) is 6.52. The van der Waals surface area contributed by atoms with Crippen molar-refractivity contribution in [3.63, 3.8) is 0 Å². The lowest BCUT2D eigenvalue weighted by Crippen LogP contribution is -2.14. The minimum Gasteiger partial charge on any atom is -0.508 e.